The first-order valence-electron chi connectivity index (χ1n) is 3.80. The zero-order chi connectivity index (χ0) is 8.97. The molecule has 0 fully saturated rings. The number of pyridine rings is 1. The maximum Gasteiger partial charge on any atom is 0.155 e. The van der Waals surface area contributed by atoms with Crippen LogP contribution in [0.1, 0.15) is 19.5 Å². The standard InChI is InChI=1S/C10H11NO/c1-8(9(2)12)7-10-5-3-4-6-11-10/h3-7H,1-2H3/b8-7+. The SMILES string of the molecule is CC(=O)/C(C)=C/c1ccccn1. The molecule has 0 aliphatic heterocycles. The molecule has 0 radical (unpaired) electrons. The Balaban J connectivity index is 2.89. The van der Waals surface area contributed by atoms with Gasteiger partial charge in [0.25, 0.3) is 0 Å². The predicted octanol–water partition coefficient (Wildman–Crippen LogP) is 2.07. The maximum atomic E-state index is 10.9. The molecule has 0 amide bonds. The van der Waals surface area contributed by atoms with Crippen LogP contribution < -0.4 is 0 Å². The largest absolute Gasteiger partial charge is 0.295 e. The molecule has 1 aromatic rings. The zero-order valence-electron chi connectivity index (χ0n) is 7.24. The van der Waals surface area contributed by atoms with E-state index in [0.717, 1.165) is 11.3 Å². The van der Waals surface area contributed by atoms with Gasteiger partial charge in [-0.1, -0.05) is 6.07 Å². The van der Waals surface area contributed by atoms with E-state index in [4.69, 9.17) is 0 Å². The van der Waals surface area contributed by atoms with E-state index in [0.29, 0.717) is 0 Å². The number of allylic oxidation sites excluding steroid dienone is 1. The highest BCUT2D eigenvalue weighted by atomic mass is 16.1. The van der Waals surface area contributed by atoms with E-state index in [9.17, 15) is 4.79 Å². The van der Waals surface area contributed by atoms with Gasteiger partial charge in [-0.15, -0.1) is 0 Å². The summed E-state index contributed by atoms with van der Waals surface area (Å²) in [5.74, 6) is 0.0839. The Labute approximate surface area is 71.9 Å². The van der Waals surface area contributed by atoms with Crippen molar-refractivity contribution >= 4 is 11.9 Å². The van der Waals surface area contributed by atoms with Gasteiger partial charge in [0, 0.05) is 6.20 Å². The third kappa shape index (κ3) is 2.31. The van der Waals surface area contributed by atoms with Crippen LogP contribution in [0, 0.1) is 0 Å². The Morgan fingerprint density at radius 1 is 1.42 bits per heavy atom. The molecule has 0 aliphatic carbocycles. The minimum atomic E-state index is 0.0839. The van der Waals surface area contributed by atoms with E-state index >= 15 is 0 Å². The Bertz CT molecular complexity index is 301. The molecule has 12 heavy (non-hydrogen) atoms. The van der Waals surface area contributed by atoms with Gasteiger partial charge in [-0.05, 0) is 37.6 Å². The second kappa shape index (κ2) is 3.81. The molecule has 0 saturated carbocycles. The summed E-state index contributed by atoms with van der Waals surface area (Å²) >= 11 is 0. The van der Waals surface area contributed by atoms with E-state index in [1.807, 2.05) is 18.2 Å². The molecule has 0 saturated heterocycles. The minimum absolute atomic E-state index is 0.0839. The molecule has 1 heterocycles. The van der Waals surface area contributed by atoms with Crippen LogP contribution in [0.5, 0.6) is 0 Å². The normalized spacial score (nSPS) is 11.3. The summed E-state index contributed by atoms with van der Waals surface area (Å²) in [6, 6.07) is 5.61. The number of Topliss-reactive ketones (excluding diaryl/α,β-unsaturated/α-hetero) is 1. The Morgan fingerprint density at radius 3 is 2.67 bits per heavy atom. The summed E-state index contributed by atoms with van der Waals surface area (Å²) in [4.78, 5) is 14.9. The van der Waals surface area contributed by atoms with Crippen LogP contribution in [-0.2, 0) is 4.79 Å². The minimum Gasteiger partial charge on any atom is -0.295 e. The van der Waals surface area contributed by atoms with Crippen molar-refractivity contribution in [3.05, 3.63) is 35.7 Å². The number of hydrogen-bond acceptors (Lipinski definition) is 2. The number of carbonyl (C=O) groups is 1. The van der Waals surface area contributed by atoms with Crippen molar-refractivity contribution in [2.75, 3.05) is 0 Å². The van der Waals surface area contributed by atoms with Gasteiger partial charge in [-0.3, -0.25) is 9.78 Å². The van der Waals surface area contributed by atoms with Gasteiger partial charge in [0.2, 0.25) is 0 Å². The van der Waals surface area contributed by atoms with Crippen LogP contribution in [0.2, 0.25) is 0 Å². The lowest BCUT2D eigenvalue weighted by molar-refractivity contribution is -0.113. The smallest absolute Gasteiger partial charge is 0.155 e. The second-order valence-electron chi connectivity index (χ2n) is 2.64. The Kier molecular flexibility index (Phi) is 2.75. The molecule has 0 aliphatic rings. The van der Waals surface area contributed by atoms with Crippen molar-refractivity contribution in [1.82, 2.24) is 4.98 Å². The molecule has 2 nitrogen and oxygen atoms in total. The van der Waals surface area contributed by atoms with Crippen molar-refractivity contribution < 1.29 is 4.79 Å². The quantitative estimate of drug-likeness (QED) is 0.621. The number of rotatable bonds is 2. The molecule has 62 valence electrons. The second-order valence-corrected chi connectivity index (χ2v) is 2.64. The average molecular weight is 161 g/mol. The van der Waals surface area contributed by atoms with Crippen LogP contribution in [0.3, 0.4) is 0 Å². The Morgan fingerprint density at radius 2 is 2.17 bits per heavy atom. The van der Waals surface area contributed by atoms with Crippen LogP contribution in [0.15, 0.2) is 30.0 Å². The third-order valence-corrected chi connectivity index (χ3v) is 1.61. The lowest BCUT2D eigenvalue weighted by Crippen LogP contribution is -1.91. The van der Waals surface area contributed by atoms with Crippen LogP contribution in [0.4, 0.5) is 0 Å². The molecule has 2 heteroatoms. The summed E-state index contributed by atoms with van der Waals surface area (Å²) < 4.78 is 0. The van der Waals surface area contributed by atoms with E-state index in [-0.39, 0.29) is 5.78 Å². The van der Waals surface area contributed by atoms with E-state index in [1.165, 1.54) is 0 Å². The fourth-order valence-corrected chi connectivity index (χ4v) is 0.785. The predicted molar refractivity (Wildman–Crippen MR) is 48.6 cm³/mol. The third-order valence-electron chi connectivity index (χ3n) is 1.61. The fourth-order valence-electron chi connectivity index (χ4n) is 0.785. The summed E-state index contributed by atoms with van der Waals surface area (Å²) in [6.07, 6.45) is 3.49. The van der Waals surface area contributed by atoms with Crippen molar-refractivity contribution in [3.8, 4) is 0 Å². The van der Waals surface area contributed by atoms with Crippen molar-refractivity contribution in [2.24, 2.45) is 0 Å². The molecular formula is C10H11NO. The first-order chi connectivity index (χ1) is 5.70. The summed E-state index contributed by atoms with van der Waals surface area (Å²) in [5, 5.41) is 0. The lowest BCUT2D eigenvalue weighted by atomic mass is 10.2. The van der Waals surface area contributed by atoms with Gasteiger partial charge in [-0.25, -0.2) is 0 Å². The van der Waals surface area contributed by atoms with Gasteiger partial charge in [0.1, 0.15) is 0 Å². The van der Waals surface area contributed by atoms with Crippen LogP contribution in [0.25, 0.3) is 6.08 Å². The van der Waals surface area contributed by atoms with E-state index in [1.54, 1.807) is 26.1 Å². The molecule has 0 N–H and O–H groups in total. The number of hydrogen-bond donors (Lipinski definition) is 0. The first-order valence-corrected chi connectivity index (χ1v) is 3.80. The highest BCUT2D eigenvalue weighted by Gasteiger charge is 1.95. The van der Waals surface area contributed by atoms with Crippen molar-refractivity contribution in [3.63, 3.8) is 0 Å². The zero-order valence-corrected chi connectivity index (χ0v) is 7.24. The van der Waals surface area contributed by atoms with Crippen molar-refractivity contribution in [2.45, 2.75) is 13.8 Å². The lowest BCUT2D eigenvalue weighted by Gasteiger charge is -1.93. The molecule has 0 unspecified atom stereocenters. The van der Waals surface area contributed by atoms with E-state index in [2.05, 4.69) is 4.98 Å². The van der Waals surface area contributed by atoms with Gasteiger partial charge in [-0.2, -0.15) is 0 Å². The summed E-state index contributed by atoms with van der Waals surface area (Å²) in [6.45, 7) is 3.34. The highest BCUT2D eigenvalue weighted by Crippen LogP contribution is 2.03. The number of ketones is 1. The van der Waals surface area contributed by atoms with Gasteiger partial charge in [0.05, 0.1) is 5.69 Å². The topological polar surface area (TPSA) is 30.0 Å². The average Bonchev–Trinajstić information content (AvgIpc) is 2.06. The fraction of sp³-hybridized carbons (Fsp3) is 0.200. The number of carbonyl (C=O) groups excluding carboxylic acids is 1. The molecular weight excluding hydrogens is 150 g/mol. The van der Waals surface area contributed by atoms with Crippen LogP contribution >= 0.6 is 0 Å². The highest BCUT2D eigenvalue weighted by molar-refractivity contribution is 5.96. The molecule has 1 aromatic heterocycles. The number of nitrogens with zero attached hydrogens (tertiary/aromatic N) is 1. The number of aromatic nitrogens is 1. The monoisotopic (exact) mass is 161 g/mol. The summed E-state index contributed by atoms with van der Waals surface area (Å²) in [7, 11) is 0. The summed E-state index contributed by atoms with van der Waals surface area (Å²) in [5.41, 5.74) is 1.55. The molecule has 0 aromatic carbocycles. The van der Waals surface area contributed by atoms with Crippen molar-refractivity contribution in [1.29, 1.82) is 0 Å². The van der Waals surface area contributed by atoms with Crippen LogP contribution in [-0.4, -0.2) is 10.8 Å². The van der Waals surface area contributed by atoms with Gasteiger partial charge in [0.15, 0.2) is 5.78 Å². The van der Waals surface area contributed by atoms with Gasteiger partial charge >= 0.3 is 0 Å². The Hall–Kier alpha value is -1.44. The van der Waals surface area contributed by atoms with Gasteiger partial charge < -0.3 is 0 Å². The molecule has 0 spiro atoms. The first kappa shape index (κ1) is 8.65. The maximum absolute atomic E-state index is 10.9. The molecule has 1 rings (SSSR count). The van der Waals surface area contributed by atoms with E-state index < -0.39 is 0 Å². The molecule has 0 atom stereocenters. The molecule has 0 bridgehead atoms.